The summed E-state index contributed by atoms with van der Waals surface area (Å²) in [7, 11) is 0. The molecular weight excluding hydrogens is 288 g/mol. The number of piperidine rings is 1. The maximum Gasteiger partial charge on any atom is 0.248 e. The molecule has 4 nitrogen and oxygen atoms in total. The quantitative estimate of drug-likeness (QED) is 0.839. The number of rotatable bonds is 4. The van der Waals surface area contributed by atoms with Crippen LogP contribution in [0.15, 0.2) is 36.4 Å². The SMILES string of the molecule is CC(C)(C)/C=C/C(=O)Nc1ccccc1CN1CCC(O)CC1. The zero-order chi connectivity index (χ0) is 16.9. The first-order valence-corrected chi connectivity index (χ1v) is 8.32. The van der Waals surface area contributed by atoms with Crippen LogP contribution in [-0.4, -0.2) is 35.1 Å². The molecule has 0 unspecified atom stereocenters. The maximum absolute atomic E-state index is 12.1. The van der Waals surface area contributed by atoms with E-state index >= 15 is 0 Å². The van der Waals surface area contributed by atoms with Crippen LogP contribution in [0.1, 0.15) is 39.2 Å². The molecule has 1 saturated heterocycles. The van der Waals surface area contributed by atoms with Crippen molar-refractivity contribution in [3.8, 4) is 0 Å². The minimum atomic E-state index is -0.163. The molecule has 2 rings (SSSR count). The lowest BCUT2D eigenvalue weighted by Crippen LogP contribution is -2.35. The van der Waals surface area contributed by atoms with Crippen LogP contribution in [0.3, 0.4) is 0 Å². The van der Waals surface area contributed by atoms with Crippen LogP contribution in [0.4, 0.5) is 5.69 Å². The number of aliphatic hydroxyl groups excluding tert-OH is 1. The maximum atomic E-state index is 12.1. The lowest BCUT2D eigenvalue weighted by molar-refractivity contribution is -0.112. The monoisotopic (exact) mass is 316 g/mol. The highest BCUT2D eigenvalue weighted by Gasteiger charge is 2.18. The Morgan fingerprint density at radius 2 is 1.96 bits per heavy atom. The van der Waals surface area contributed by atoms with Crippen molar-refractivity contribution in [1.82, 2.24) is 4.90 Å². The van der Waals surface area contributed by atoms with Crippen LogP contribution in [0.5, 0.6) is 0 Å². The summed E-state index contributed by atoms with van der Waals surface area (Å²) >= 11 is 0. The Balaban J connectivity index is 2.00. The van der Waals surface area contributed by atoms with E-state index in [1.54, 1.807) is 6.08 Å². The van der Waals surface area contributed by atoms with Crippen molar-refractivity contribution >= 4 is 11.6 Å². The molecule has 1 amide bonds. The predicted molar refractivity (Wildman–Crippen MR) is 94.2 cm³/mol. The summed E-state index contributed by atoms with van der Waals surface area (Å²) in [5.74, 6) is -0.0959. The summed E-state index contributed by atoms with van der Waals surface area (Å²) in [4.78, 5) is 14.4. The highest BCUT2D eigenvalue weighted by atomic mass is 16.3. The summed E-state index contributed by atoms with van der Waals surface area (Å²) in [6.45, 7) is 8.79. The lowest BCUT2D eigenvalue weighted by Gasteiger charge is -2.30. The minimum absolute atomic E-state index is 0.00844. The Labute approximate surface area is 139 Å². The van der Waals surface area contributed by atoms with E-state index in [4.69, 9.17) is 0 Å². The lowest BCUT2D eigenvalue weighted by atomic mass is 9.96. The number of nitrogens with one attached hydrogen (secondary N) is 1. The van der Waals surface area contributed by atoms with E-state index in [0.29, 0.717) is 0 Å². The number of likely N-dealkylation sites (tertiary alicyclic amines) is 1. The van der Waals surface area contributed by atoms with Gasteiger partial charge in [-0.05, 0) is 36.0 Å². The number of aliphatic hydroxyl groups is 1. The molecule has 0 bridgehead atoms. The van der Waals surface area contributed by atoms with Crippen LogP contribution in [0.25, 0.3) is 0 Å². The molecule has 23 heavy (non-hydrogen) atoms. The van der Waals surface area contributed by atoms with Gasteiger partial charge >= 0.3 is 0 Å². The Bertz CT molecular complexity index is 553. The van der Waals surface area contributed by atoms with E-state index in [2.05, 4.69) is 31.0 Å². The number of anilines is 1. The van der Waals surface area contributed by atoms with Gasteiger partial charge in [0.25, 0.3) is 0 Å². The molecule has 126 valence electrons. The first-order chi connectivity index (χ1) is 10.8. The molecule has 1 aliphatic heterocycles. The van der Waals surface area contributed by atoms with Crippen molar-refractivity contribution in [2.45, 2.75) is 46.3 Å². The second kappa shape index (κ2) is 7.75. The van der Waals surface area contributed by atoms with Gasteiger partial charge in [-0.15, -0.1) is 0 Å². The molecule has 0 atom stereocenters. The number of hydrogen-bond acceptors (Lipinski definition) is 3. The first-order valence-electron chi connectivity index (χ1n) is 8.32. The number of amides is 1. The number of allylic oxidation sites excluding steroid dienone is 1. The molecule has 1 aromatic rings. The predicted octanol–water partition coefficient (Wildman–Crippen LogP) is 3.18. The third-order valence-corrected chi connectivity index (χ3v) is 3.96. The van der Waals surface area contributed by atoms with Crippen LogP contribution >= 0.6 is 0 Å². The average Bonchev–Trinajstić information content (AvgIpc) is 2.49. The van der Waals surface area contributed by atoms with E-state index in [0.717, 1.165) is 43.7 Å². The second-order valence-corrected chi connectivity index (χ2v) is 7.35. The molecule has 4 heteroatoms. The zero-order valence-electron chi connectivity index (χ0n) is 14.4. The van der Waals surface area contributed by atoms with Gasteiger partial charge in [0.1, 0.15) is 0 Å². The summed E-state index contributed by atoms with van der Waals surface area (Å²) < 4.78 is 0. The molecule has 1 heterocycles. The number of benzene rings is 1. The summed E-state index contributed by atoms with van der Waals surface area (Å²) in [6, 6.07) is 7.92. The highest BCUT2D eigenvalue weighted by Crippen LogP contribution is 2.20. The van der Waals surface area contributed by atoms with Gasteiger partial charge < -0.3 is 10.4 Å². The van der Waals surface area contributed by atoms with Crippen molar-refractivity contribution in [3.05, 3.63) is 42.0 Å². The molecule has 0 radical (unpaired) electrons. The van der Waals surface area contributed by atoms with Crippen molar-refractivity contribution in [2.75, 3.05) is 18.4 Å². The fourth-order valence-electron chi connectivity index (χ4n) is 2.60. The van der Waals surface area contributed by atoms with E-state index < -0.39 is 0 Å². The fourth-order valence-corrected chi connectivity index (χ4v) is 2.60. The van der Waals surface area contributed by atoms with Crippen molar-refractivity contribution < 1.29 is 9.90 Å². The Morgan fingerprint density at radius 3 is 2.61 bits per heavy atom. The third kappa shape index (κ3) is 6.16. The van der Waals surface area contributed by atoms with Gasteiger partial charge in [-0.25, -0.2) is 0 Å². The van der Waals surface area contributed by atoms with Crippen LogP contribution in [0, 0.1) is 5.41 Å². The molecule has 0 saturated carbocycles. The minimum Gasteiger partial charge on any atom is -0.393 e. The van der Waals surface area contributed by atoms with Gasteiger partial charge in [0.05, 0.1) is 6.10 Å². The van der Waals surface area contributed by atoms with Gasteiger partial charge in [0, 0.05) is 25.3 Å². The average molecular weight is 316 g/mol. The molecule has 1 fully saturated rings. The van der Waals surface area contributed by atoms with Gasteiger partial charge in [-0.1, -0.05) is 45.0 Å². The van der Waals surface area contributed by atoms with Gasteiger partial charge in [0.2, 0.25) is 5.91 Å². The fraction of sp³-hybridized carbons (Fsp3) is 0.526. The number of nitrogens with zero attached hydrogens (tertiary/aromatic N) is 1. The normalized spacial score (nSPS) is 17.6. The second-order valence-electron chi connectivity index (χ2n) is 7.35. The summed E-state index contributed by atoms with van der Waals surface area (Å²) in [5.41, 5.74) is 1.97. The Morgan fingerprint density at radius 1 is 1.30 bits per heavy atom. The smallest absolute Gasteiger partial charge is 0.248 e. The standard InChI is InChI=1S/C19H28N2O2/c1-19(2,3)11-8-18(23)20-17-7-5-4-6-15(17)14-21-12-9-16(22)10-13-21/h4-8,11,16,22H,9-10,12-14H2,1-3H3,(H,20,23)/b11-8+. The summed E-state index contributed by atoms with van der Waals surface area (Å²) in [5, 5.41) is 12.6. The number of hydrogen-bond donors (Lipinski definition) is 2. The Kier molecular flexibility index (Phi) is 5.97. The molecular formula is C19H28N2O2. The first kappa shape index (κ1) is 17.7. The molecule has 0 aliphatic carbocycles. The Hall–Kier alpha value is -1.65. The van der Waals surface area contributed by atoms with E-state index in [1.807, 2.05) is 30.3 Å². The largest absolute Gasteiger partial charge is 0.393 e. The zero-order valence-corrected chi connectivity index (χ0v) is 14.4. The van der Waals surface area contributed by atoms with Crippen molar-refractivity contribution in [1.29, 1.82) is 0 Å². The molecule has 2 N–H and O–H groups in total. The molecule has 0 aromatic heterocycles. The van der Waals surface area contributed by atoms with E-state index in [1.165, 1.54) is 0 Å². The van der Waals surface area contributed by atoms with Gasteiger partial charge in [-0.3, -0.25) is 9.69 Å². The summed E-state index contributed by atoms with van der Waals surface area (Å²) in [6.07, 6.45) is 5.00. The van der Waals surface area contributed by atoms with E-state index in [-0.39, 0.29) is 17.4 Å². The van der Waals surface area contributed by atoms with Crippen LogP contribution < -0.4 is 5.32 Å². The molecule has 1 aliphatic rings. The van der Waals surface area contributed by atoms with Crippen LogP contribution in [-0.2, 0) is 11.3 Å². The van der Waals surface area contributed by atoms with Gasteiger partial charge in [0.15, 0.2) is 0 Å². The highest BCUT2D eigenvalue weighted by molar-refractivity contribution is 5.99. The molecule has 0 spiro atoms. The van der Waals surface area contributed by atoms with Crippen LogP contribution in [0.2, 0.25) is 0 Å². The van der Waals surface area contributed by atoms with Crippen molar-refractivity contribution in [2.24, 2.45) is 5.41 Å². The van der Waals surface area contributed by atoms with Crippen molar-refractivity contribution in [3.63, 3.8) is 0 Å². The topological polar surface area (TPSA) is 52.6 Å². The third-order valence-electron chi connectivity index (χ3n) is 3.96. The number of para-hydroxylation sites is 1. The number of carbonyl (C=O) groups is 1. The number of carbonyl (C=O) groups excluding carboxylic acids is 1. The molecule has 1 aromatic carbocycles. The van der Waals surface area contributed by atoms with Gasteiger partial charge in [-0.2, -0.15) is 0 Å². The van der Waals surface area contributed by atoms with E-state index in [9.17, 15) is 9.90 Å².